The molecule has 28 heavy (non-hydrogen) atoms. The summed E-state index contributed by atoms with van der Waals surface area (Å²) in [6, 6.07) is 0. The van der Waals surface area contributed by atoms with Crippen LogP contribution in [-0.4, -0.2) is 33.8 Å². The Hall–Kier alpha value is -0.0400. The first-order valence-electron chi connectivity index (χ1n) is 8.65. The van der Waals surface area contributed by atoms with Crippen LogP contribution in [0.4, 0.5) is 48.3 Å². The summed E-state index contributed by atoms with van der Waals surface area (Å²) < 4.78 is 145. The maximum atomic E-state index is 14.8. The second-order valence-electron chi connectivity index (χ2n) is 6.59. The van der Waals surface area contributed by atoms with Crippen LogP contribution in [0.25, 0.3) is 0 Å². The van der Waals surface area contributed by atoms with E-state index in [0.717, 1.165) is 19.8 Å². The molecule has 0 saturated heterocycles. The minimum Gasteiger partial charge on any atom is -0.226 e. The molecule has 170 valence electrons. The maximum Gasteiger partial charge on any atom is 0.460 e. The topological polar surface area (TPSA) is 0 Å². The third-order valence-corrected chi connectivity index (χ3v) is 6.08. The zero-order valence-corrected chi connectivity index (χ0v) is 17.3. The van der Waals surface area contributed by atoms with Crippen molar-refractivity contribution in [1.29, 1.82) is 0 Å². The van der Waals surface area contributed by atoms with Crippen LogP contribution in [0.5, 0.6) is 0 Å². The van der Waals surface area contributed by atoms with Crippen molar-refractivity contribution in [1.82, 2.24) is 0 Å². The Kier molecular flexibility index (Phi) is 9.83. The van der Waals surface area contributed by atoms with Crippen molar-refractivity contribution in [2.75, 3.05) is 0 Å². The summed E-state index contributed by atoms with van der Waals surface area (Å²) in [5.74, 6) is -17.0. The lowest BCUT2D eigenvalue weighted by atomic mass is 9.75. The maximum absolute atomic E-state index is 14.8. The zero-order valence-electron chi connectivity index (χ0n) is 15.1. The molecule has 0 aliphatic heterocycles. The van der Waals surface area contributed by atoms with E-state index in [1.54, 1.807) is 0 Å². The summed E-state index contributed by atoms with van der Waals surface area (Å²) >= 11 is 1.22. The van der Waals surface area contributed by atoms with Crippen LogP contribution in [0.15, 0.2) is 0 Å². The van der Waals surface area contributed by atoms with Gasteiger partial charge in [-0.1, -0.05) is 68.5 Å². The molecule has 0 saturated carbocycles. The van der Waals surface area contributed by atoms with Crippen LogP contribution in [0.3, 0.4) is 0 Å². The normalized spacial score (nSPS) is 18.6. The first-order valence-corrected chi connectivity index (χ1v) is 9.90. The number of unbranched alkanes of at least 4 members (excludes halogenated alkanes) is 4. The Labute approximate surface area is 169 Å². The Morgan fingerprint density at radius 3 is 1.46 bits per heavy atom. The summed E-state index contributed by atoms with van der Waals surface area (Å²) in [6.45, 7) is 2.73. The highest BCUT2D eigenvalue weighted by Gasteiger charge is 2.88. The highest BCUT2D eigenvalue weighted by Crippen LogP contribution is 2.61. The molecule has 0 fully saturated rings. The SMILES string of the molecule is CCCCCCCC(I)C(CC)C(F)(C(F)(F)F)C(F)(F)C(F)(F)C(F)(F)F. The summed E-state index contributed by atoms with van der Waals surface area (Å²) in [5.41, 5.74) is -6.05. The highest BCUT2D eigenvalue weighted by atomic mass is 127. The molecule has 3 unspecified atom stereocenters. The van der Waals surface area contributed by atoms with Crippen LogP contribution < -0.4 is 0 Å². The van der Waals surface area contributed by atoms with Gasteiger partial charge in [-0.2, -0.15) is 43.9 Å². The minimum atomic E-state index is -7.20. The number of hydrogen-bond donors (Lipinski definition) is 0. The monoisotopic (exact) mass is 550 g/mol. The van der Waals surface area contributed by atoms with Crippen LogP contribution in [0.2, 0.25) is 0 Å². The average molecular weight is 550 g/mol. The van der Waals surface area contributed by atoms with Gasteiger partial charge in [0.2, 0.25) is 0 Å². The van der Waals surface area contributed by atoms with Crippen molar-refractivity contribution >= 4 is 22.6 Å². The van der Waals surface area contributed by atoms with Crippen LogP contribution in [0.1, 0.15) is 58.8 Å². The number of halogens is 12. The van der Waals surface area contributed by atoms with E-state index in [1.165, 1.54) is 22.6 Å². The summed E-state index contributed by atoms with van der Waals surface area (Å²) in [4.78, 5) is 0. The quantitative estimate of drug-likeness (QED) is 0.105. The van der Waals surface area contributed by atoms with Gasteiger partial charge >= 0.3 is 24.2 Å². The number of rotatable bonds is 11. The molecule has 0 heterocycles. The van der Waals surface area contributed by atoms with Gasteiger partial charge in [-0.25, -0.2) is 4.39 Å². The predicted molar refractivity (Wildman–Crippen MR) is 90.8 cm³/mol. The predicted octanol–water partition coefficient (Wildman–Crippen LogP) is 8.28. The Bertz CT molecular complexity index is 472. The fraction of sp³-hybridized carbons (Fsp3) is 1.00. The fourth-order valence-corrected chi connectivity index (χ4v) is 4.40. The van der Waals surface area contributed by atoms with Gasteiger partial charge in [0.15, 0.2) is 0 Å². The third-order valence-electron chi connectivity index (χ3n) is 4.59. The Morgan fingerprint density at radius 2 is 1.11 bits per heavy atom. The van der Waals surface area contributed by atoms with Crippen molar-refractivity contribution in [3.8, 4) is 0 Å². The first kappa shape index (κ1) is 28.0. The second kappa shape index (κ2) is 9.84. The van der Waals surface area contributed by atoms with E-state index in [1.807, 2.05) is 6.92 Å². The molecule has 0 amide bonds. The van der Waals surface area contributed by atoms with Gasteiger partial charge in [-0.05, 0) is 12.8 Å². The molecular formula is C16H22F11I. The number of alkyl halides is 12. The smallest absolute Gasteiger partial charge is 0.226 e. The molecule has 0 aromatic carbocycles. The molecule has 0 nitrogen and oxygen atoms in total. The van der Waals surface area contributed by atoms with E-state index < -0.39 is 46.1 Å². The minimum absolute atomic E-state index is 0.208. The van der Waals surface area contributed by atoms with Crippen LogP contribution >= 0.6 is 22.6 Å². The molecule has 0 spiro atoms. The lowest BCUT2D eigenvalue weighted by molar-refractivity contribution is -0.419. The Balaban J connectivity index is 5.97. The van der Waals surface area contributed by atoms with Crippen molar-refractivity contribution in [2.45, 2.75) is 92.6 Å². The van der Waals surface area contributed by atoms with E-state index in [4.69, 9.17) is 0 Å². The molecule has 0 aliphatic rings. The standard InChI is InChI=1S/C16H22F11I/c1-3-5-6-7-8-9-11(28)10(4-2)12(17,15(22,23)24)13(18,19)14(20,21)16(25,26)27/h10-11H,3-9H2,1-2H3. The second-order valence-corrected chi connectivity index (χ2v) is 8.19. The van der Waals surface area contributed by atoms with Gasteiger partial charge in [0, 0.05) is 9.84 Å². The summed E-state index contributed by atoms with van der Waals surface area (Å²) in [5, 5.41) is 0. The largest absolute Gasteiger partial charge is 0.460 e. The molecule has 0 bridgehead atoms. The molecular weight excluding hydrogens is 528 g/mol. The van der Waals surface area contributed by atoms with E-state index in [9.17, 15) is 48.3 Å². The molecule has 0 N–H and O–H groups in total. The van der Waals surface area contributed by atoms with E-state index in [2.05, 4.69) is 0 Å². The van der Waals surface area contributed by atoms with Gasteiger partial charge in [0.05, 0.1) is 0 Å². The molecule has 0 rings (SSSR count). The van der Waals surface area contributed by atoms with E-state index in [-0.39, 0.29) is 12.8 Å². The van der Waals surface area contributed by atoms with Gasteiger partial charge in [-0.3, -0.25) is 0 Å². The summed E-state index contributed by atoms with van der Waals surface area (Å²) in [6.07, 6.45) is -11.9. The van der Waals surface area contributed by atoms with Gasteiger partial charge in [0.1, 0.15) is 0 Å². The Morgan fingerprint density at radius 1 is 0.643 bits per heavy atom. The lowest BCUT2D eigenvalue weighted by Crippen LogP contribution is -2.71. The average Bonchev–Trinajstić information content (AvgIpc) is 2.52. The fourth-order valence-electron chi connectivity index (χ4n) is 2.96. The molecule has 12 heteroatoms. The van der Waals surface area contributed by atoms with Gasteiger partial charge in [0.25, 0.3) is 5.67 Å². The lowest BCUT2D eigenvalue weighted by Gasteiger charge is -2.44. The molecule has 0 aliphatic carbocycles. The zero-order chi connectivity index (χ0) is 22.6. The van der Waals surface area contributed by atoms with E-state index in [0.29, 0.717) is 12.8 Å². The van der Waals surface area contributed by atoms with Crippen LogP contribution in [0, 0.1) is 5.92 Å². The van der Waals surface area contributed by atoms with Gasteiger partial charge < -0.3 is 0 Å². The van der Waals surface area contributed by atoms with Crippen molar-refractivity contribution < 1.29 is 48.3 Å². The van der Waals surface area contributed by atoms with Crippen molar-refractivity contribution in [3.63, 3.8) is 0 Å². The summed E-state index contributed by atoms with van der Waals surface area (Å²) in [7, 11) is 0. The van der Waals surface area contributed by atoms with Crippen LogP contribution in [-0.2, 0) is 0 Å². The first-order chi connectivity index (χ1) is 12.4. The number of hydrogen-bond acceptors (Lipinski definition) is 0. The molecule has 3 atom stereocenters. The molecule has 0 aromatic heterocycles. The molecule has 0 radical (unpaired) electrons. The highest BCUT2D eigenvalue weighted by molar-refractivity contribution is 14.1. The van der Waals surface area contributed by atoms with Crippen molar-refractivity contribution in [3.05, 3.63) is 0 Å². The van der Waals surface area contributed by atoms with E-state index >= 15 is 0 Å². The third kappa shape index (κ3) is 5.35. The van der Waals surface area contributed by atoms with Crippen molar-refractivity contribution in [2.24, 2.45) is 5.92 Å². The van der Waals surface area contributed by atoms with Gasteiger partial charge in [-0.15, -0.1) is 0 Å². The molecule has 0 aromatic rings.